The van der Waals surface area contributed by atoms with Gasteiger partial charge < -0.3 is 14.2 Å². The molecule has 1 aliphatic rings. The number of sulfonamides is 1. The van der Waals surface area contributed by atoms with E-state index in [-0.39, 0.29) is 47.4 Å². The van der Waals surface area contributed by atoms with Crippen molar-refractivity contribution in [3.05, 3.63) is 58.1 Å². The molecule has 0 amide bonds. The van der Waals surface area contributed by atoms with Crippen LogP contribution in [0.5, 0.6) is 5.75 Å². The van der Waals surface area contributed by atoms with Gasteiger partial charge in [-0.15, -0.1) is 0 Å². The Morgan fingerprint density at radius 2 is 1.84 bits per heavy atom. The van der Waals surface area contributed by atoms with Crippen molar-refractivity contribution in [2.24, 2.45) is 0 Å². The number of rotatable bonds is 6. The third kappa shape index (κ3) is 5.38. The second-order valence-corrected chi connectivity index (χ2v) is 9.93. The SMILES string of the molecule is COc1ccc(C)cc1COC(=O)c1ccc(Cl)c(S(=O)(=O)N2CC(C)OC(C)C2)c1. The fraction of sp³-hybridized carbons (Fsp3) is 0.409. The molecule has 3 rings (SSSR count). The first kappa shape index (κ1) is 23.5. The number of esters is 1. The van der Waals surface area contributed by atoms with Crippen LogP contribution in [0, 0.1) is 6.92 Å². The van der Waals surface area contributed by atoms with Crippen molar-refractivity contribution in [1.82, 2.24) is 4.31 Å². The van der Waals surface area contributed by atoms with Crippen LogP contribution in [0.4, 0.5) is 0 Å². The zero-order valence-corrected chi connectivity index (χ0v) is 19.5. The van der Waals surface area contributed by atoms with Gasteiger partial charge in [-0.25, -0.2) is 13.2 Å². The summed E-state index contributed by atoms with van der Waals surface area (Å²) in [5.41, 5.74) is 1.82. The van der Waals surface area contributed by atoms with Crippen molar-refractivity contribution < 1.29 is 27.4 Å². The van der Waals surface area contributed by atoms with E-state index in [1.165, 1.54) is 22.5 Å². The summed E-state index contributed by atoms with van der Waals surface area (Å²) < 4.78 is 44.0. The summed E-state index contributed by atoms with van der Waals surface area (Å²) in [4.78, 5) is 12.5. The Hall–Kier alpha value is -2.13. The molecule has 2 unspecified atom stereocenters. The zero-order valence-electron chi connectivity index (χ0n) is 17.9. The van der Waals surface area contributed by atoms with Crippen LogP contribution in [0.1, 0.15) is 35.3 Å². The summed E-state index contributed by atoms with van der Waals surface area (Å²) in [6.45, 7) is 5.97. The highest BCUT2D eigenvalue weighted by Gasteiger charge is 2.34. The number of morpholine rings is 1. The lowest BCUT2D eigenvalue weighted by atomic mass is 10.1. The maximum Gasteiger partial charge on any atom is 0.338 e. The maximum atomic E-state index is 13.2. The summed E-state index contributed by atoms with van der Waals surface area (Å²) in [5, 5.41) is 0.0451. The van der Waals surface area contributed by atoms with E-state index in [4.69, 9.17) is 25.8 Å². The summed E-state index contributed by atoms with van der Waals surface area (Å²) in [5.74, 6) is -0.0475. The van der Waals surface area contributed by atoms with Gasteiger partial charge in [-0.2, -0.15) is 4.31 Å². The molecule has 7 nitrogen and oxygen atoms in total. The van der Waals surface area contributed by atoms with Gasteiger partial charge >= 0.3 is 5.97 Å². The molecule has 0 radical (unpaired) electrons. The van der Waals surface area contributed by atoms with Crippen LogP contribution in [0.3, 0.4) is 0 Å². The molecule has 0 aromatic heterocycles. The van der Waals surface area contributed by atoms with Gasteiger partial charge in [0, 0.05) is 18.7 Å². The number of halogens is 1. The summed E-state index contributed by atoms with van der Waals surface area (Å²) in [6.07, 6.45) is -0.482. The van der Waals surface area contributed by atoms with Crippen LogP contribution in [-0.2, 0) is 26.1 Å². The van der Waals surface area contributed by atoms with Gasteiger partial charge in [0.25, 0.3) is 0 Å². The number of methoxy groups -OCH3 is 1. The lowest BCUT2D eigenvalue weighted by Gasteiger charge is -2.34. The summed E-state index contributed by atoms with van der Waals surface area (Å²) in [6, 6.07) is 9.67. The molecule has 1 heterocycles. The molecule has 0 saturated carbocycles. The van der Waals surface area contributed by atoms with E-state index in [0.717, 1.165) is 5.56 Å². The minimum atomic E-state index is -3.90. The number of nitrogens with zero attached hydrogens (tertiary/aromatic N) is 1. The van der Waals surface area contributed by atoms with E-state index in [0.29, 0.717) is 11.3 Å². The first-order valence-electron chi connectivity index (χ1n) is 9.87. The Balaban J connectivity index is 1.82. The maximum absolute atomic E-state index is 13.2. The molecule has 0 aliphatic carbocycles. The molecular weight excluding hydrogens is 442 g/mol. The average Bonchev–Trinajstić information content (AvgIpc) is 2.71. The van der Waals surface area contributed by atoms with Crippen molar-refractivity contribution in [3.8, 4) is 5.75 Å². The molecular formula is C22H26ClNO6S. The monoisotopic (exact) mass is 467 g/mol. The molecule has 2 atom stereocenters. The molecule has 0 bridgehead atoms. The first-order chi connectivity index (χ1) is 14.6. The average molecular weight is 468 g/mol. The number of ether oxygens (including phenoxy) is 3. The second kappa shape index (κ2) is 9.56. The highest BCUT2D eigenvalue weighted by molar-refractivity contribution is 7.89. The third-order valence-electron chi connectivity index (χ3n) is 4.97. The van der Waals surface area contributed by atoms with Gasteiger partial charge in [0.05, 0.1) is 29.9 Å². The number of carbonyl (C=O) groups excluding carboxylic acids is 1. The molecule has 1 fully saturated rings. The van der Waals surface area contributed by atoms with Crippen LogP contribution in [0.15, 0.2) is 41.3 Å². The predicted octanol–water partition coefficient (Wildman–Crippen LogP) is 3.81. The Bertz CT molecular complexity index is 1060. The first-order valence-corrected chi connectivity index (χ1v) is 11.7. The molecule has 168 valence electrons. The van der Waals surface area contributed by atoms with Gasteiger partial charge in [-0.3, -0.25) is 0 Å². The Morgan fingerprint density at radius 1 is 1.16 bits per heavy atom. The highest BCUT2D eigenvalue weighted by Crippen LogP contribution is 2.29. The third-order valence-corrected chi connectivity index (χ3v) is 7.28. The normalized spacial score (nSPS) is 19.8. The zero-order chi connectivity index (χ0) is 22.8. The van der Waals surface area contributed by atoms with E-state index in [2.05, 4.69) is 0 Å². The summed E-state index contributed by atoms with van der Waals surface area (Å²) in [7, 11) is -2.36. The number of aryl methyl sites for hydroxylation is 1. The lowest BCUT2D eigenvalue weighted by Crippen LogP contribution is -2.48. The molecule has 0 N–H and O–H groups in total. The van der Waals surface area contributed by atoms with Crippen LogP contribution in [0.25, 0.3) is 0 Å². The van der Waals surface area contributed by atoms with E-state index in [9.17, 15) is 13.2 Å². The van der Waals surface area contributed by atoms with Crippen LogP contribution in [-0.4, -0.2) is 51.1 Å². The van der Waals surface area contributed by atoms with E-state index >= 15 is 0 Å². The number of benzene rings is 2. The van der Waals surface area contributed by atoms with E-state index in [1.54, 1.807) is 13.2 Å². The molecule has 1 aliphatic heterocycles. The highest BCUT2D eigenvalue weighted by atomic mass is 35.5. The summed E-state index contributed by atoms with van der Waals surface area (Å²) >= 11 is 6.20. The fourth-order valence-corrected chi connectivity index (χ4v) is 5.63. The Kier molecular flexibility index (Phi) is 7.26. The molecule has 0 spiro atoms. The second-order valence-electron chi connectivity index (χ2n) is 7.62. The van der Waals surface area contributed by atoms with Gasteiger partial charge in [0.1, 0.15) is 17.3 Å². The standard InChI is InChI=1S/C22H26ClNO6S/c1-14-5-8-20(28-4)18(9-14)13-29-22(25)17-6-7-19(23)21(10-17)31(26,27)24-11-15(2)30-16(3)12-24/h5-10,15-16H,11-13H2,1-4H3. The van der Waals surface area contributed by atoms with Crippen molar-refractivity contribution >= 4 is 27.6 Å². The Morgan fingerprint density at radius 3 is 2.48 bits per heavy atom. The largest absolute Gasteiger partial charge is 0.496 e. The van der Waals surface area contributed by atoms with Gasteiger partial charge in [0.2, 0.25) is 10.0 Å². The minimum absolute atomic E-state index is 0.00705. The molecule has 1 saturated heterocycles. The van der Waals surface area contributed by atoms with E-state index < -0.39 is 16.0 Å². The smallest absolute Gasteiger partial charge is 0.338 e. The fourth-order valence-electron chi connectivity index (χ4n) is 3.54. The number of hydrogen-bond donors (Lipinski definition) is 0. The molecule has 2 aromatic rings. The van der Waals surface area contributed by atoms with Gasteiger partial charge in [-0.05, 0) is 51.1 Å². The van der Waals surface area contributed by atoms with Crippen molar-refractivity contribution in [1.29, 1.82) is 0 Å². The van der Waals surface area contributed by atoms with Crippen molar-refractivity contribution in [3.63, 3.8) is 0 Å². The lowest BCUT2D eigenvalue weighted by molar-refractivity contribution is -0.0440. The van der Waals surface area contributed by atoms with Crippen LogP contribution < -0.4 is 4.74 Å². The van der Waals surface area contributed by atoms with Crippen molar-refractivity contribution in [2.45, 2.75) is 44.5 Å². The van der Waals surface area contributed by atoms with Gasteiger partial charge in [0.15, 0.2) is 0 Å². The van der Waals surface area contributed by atoms with Crippen molar-refractivity contribution in [2.75, 3.05) is 20.2 Å². The molecule has 9 heteroatoms. The van der Waals surface area contributed by atoms with E-state index in [1.807, 2.05) is 32.9 Å². The number of carbonyl (C=O) groups is 1. The predicted molar refractivity (Wildman–Crippen MR) is 117 cm³/mol. The van der Waals surface area contributed by atoms with Crippen LogP contribution in [0.2, 0.25) is 5.02 Å². The Labute approximate surface area is 187 Å². The molecule has 2 aromatic carbocycles. The quantitative estimate of drug-likeness (QED) is 0.601. The minimum Gasteiger partial charge on any atom is -0.496 e. The van der Waals surface area contributed by atoms with Crippen LogP contribution >= 0.6 is 11.6 Å². The molecule has 31 heavy (non-hydrogen) atoms. The number of hydrogen-bond acceptors (Lipinski definition) is 6. The topological polar surface area (TPSA) is 82.1 Å². The van der Waals surface area contributed by atoms with Gasteiger partial charge in [-0.1, -0.05) is 23.2 Å².